The van der Waals surface area contributed by atoms with Crippen molar-refractivity contribution in [2.45, 2.75) is 0 Å². The number of ketones is 1. The molecule has 2 aromatic rings. The number of rotatable bonds is 1. The van der Waals surface area contributed by atoms with Gasteiger partial charge in [0.05, 0.1) is 12.4 Å². The molecule has 0 saturated heterocycles. The average Bonchev–Trinajstić information content (AvgIpc) is 2.82. The van der Waals surface area contributed by atoms with Crippen molar-refractivity contribution in [1.29, 1.82) is 0 Å². The number of hydrogen-bond acceptors (Lipinski definition) is 3. The van der Waals surface area contributed by atoms with E-state index in [-0.39, 0.29) is 5.78 Å². The molecule has 1 aliphatic carbocycles. The van der Waals surface area contributed by atoms with Crippen molar-refractivity contribution in [2.75, 3.05) is 18.1 Å². The standard InChI is InChI=1S/C17H14N2O/c20-17-14-9-5-4-8-13(14)16-15(17)10-18-11-19(16)12-6-2-1-3-7-12/h1-9,18H,10-11H2. The summed E-state index contributed by atoms with van der Waals surface area (Å²) in [7, 11) is 0. The van der Waals surface area contributed by atoms with Gasteiger partial charge in [0, 0.05) is 28.9 Å². The zero-order chi connectivity index (χ0) is 13.5. The van der Waals surface area contributed by atoms with E-state index in [1.54, 1.807) is 0 Å². The van der Waals surface area contributed by atoms with E-state index in [2.05, 4.69) is 22.3 Å². The molecule has 0 bridgehead atoms. The van der Waals surface area contributed by atoms with E-state index in [1.807, 2.05) is 42.5 Å². The first-order valence-corrected chi connectivity index (χ1v) is 6.77. The number of anilines is 1. The van der Waals surface area contributed by atoms with Gasteiger partial charge in [0.2, 0.25) is 0 Å². The zero-order valence-electron chi connectivity index (χ0n) is 11.0. The van der Waals surface area contributed by atoms with Gasteiger partial charge in [-0.15, -0.1) is 0 Å². The maximum Gasteiger partial charge on any atom is 0.193 e. The maximum absolute atomic E-state index is 12.5. The van der Waals surface area contributed by atoms with E-state index in [1.165, 1.54) is 0 Å². The summed E-state index contributed by atoms with van der Waals surface area (Å²) < 4.78 is 0. The summed E-state index contributed by atoms with van der Waals surface area (Å²) in [5, 5.41) is 3.32. The van der Waals surface area contributed by atoms with E-state index >= 15 is 0 Å². The van der Waals surface area contributed by atoms with Crippen molar-refractivity contribution in [2.24, 2.45) is 0 Å². The zero-order valence-corrected chi connectivity index (χ0v) is 11.0. The van der Waals surface area contributed by atoms with Crippen molar-refractivity contribution in [3.05, 3.63) is 71.3 Å². The molecule has 0 unspecified atom stereocenters. The Hall–Kier alpha value is -2.39. The highest BCUT2D eigenvalue weighted by Gasteiger charge is 2.34. The highest BCUT2D eigenvalue weighted by Crippen LogP contribution is 2.38. The fourth-order valence-electron chi connectivity index (χ4n) is 2.99. The van der Waals surface area contributed by atoms with Crippen molar-refractivity contribution >= 4 is 17.2 Å². The third-order valence-electron chi connectivity index (χ3n) is 3.90. The Labute approximate surface area is 117 Å². The van der Waals surface area contributed by atoms with Crippen LogP contribution in [0.5, 0.6) is 0 Å². The van der Waals surface area contributed by atoms with Crippen LogP contribution < -0.4 is 10.2 Å². The average molecular weight is 262 g/mol. The number of carbonyl (C=O) groups is 1. The molecule has 1 aliphatic heterocycles. The molecular formula is C17H14N2O. The minimum Gasteiger partial charge on any atom is -0.327 e. The van der Waals surface area contributed by atoms with Gasteiger partial charge < -0.3 is 4.90 Å². The Bertz CT molecular complexity index is 719. The van der Waals surface area contributed by atoms with Crippen LogP contribution in [-0.2, 0) is 0 Å². The van der Waals surface area contributed by atoms with Crippen LogP contribution in [0.1, 0.15) is 15.9 Å². The number of nitrogens with one attached hydrogen (secondary N) is 1. The predicted molar refractivity (Wildman–Crippen MR) is 79.5 cm³/mol. The molecule has 1 N–H and O–H groups in total. The third kappa shape index (κ3) is 1.53. The summed E-state index contributed by atoms with van der Waals surface area (Å²) in [6, 6.07) is 18.1. The Balaban J connectivity index is 1.90. The lowest BCUT2D eigenvalue weighted by molar-refractivity contribution is 0.103. The SMILES string of the molecule is O=C1C2=C(c3ccccc31)N(c1ccccc1)CNC2. The van der Waals surface area contributed by atoms with Crippen LogP contribution in [-0.4, -0.2) is 19.0 Å². The normalized spacial score (nSPS) is 17.2. The summed E-state index contributed by atoms with van der Waals surface area (Å²) in [5.41, 5.74) is 4.92. The highest BCUT2D eigenvalue weighted by atomic mass is 16.1. The second-order valence-electron chi connectivity index (χ2n) is 5.05. The van der Waals surface area contributed by atoms with E-state index in [9.17, 15) is 4.79 Å². The van der Waals surface area contributed by atoms with Gasteiger partial charge in [-0.2, -0.15) is 0 Å². The number of nitrogens with zero attached hydrogens (tertiary/aromatic N) is 1. The minimum absolute atomic E-state index is 0.156. The first kappa shape index (κ1) is 11.4. The molecule has 3 heteroatoms. The summed E-state index contributed by atoms with van der Waals surface area (Å²) >= 11 is 0. The number of fused-ring (bicyclic) bond motifs is 2. The number of Topliss-reactive ketones (excluding diaryl/α,β-unsaturated/α-hetero) is 1. The largest absolute Gasteiger partial charge is 0.327 e. The molecule has 0 saturated carbocycles. The Kier molecular flexibility index (Phi) is 2.47. The maximum atomic E-state index is 12.5. The van der Waals surface area contributed by atoms with Crippen LogP contribution in [0.3, 0.4) is 0 Å². The van der Waals surface area contributed by atoms with E-state index in [0.29, 0.717) is 6.54 Å². The molecule has 4 rings (SSSR count). The summed E-state index contributed by atoms with van der Waals surface area (Å²) in [5.74, 6) is 0.156. The summed E-state index contributed by atoms with van der Waals surface area (Å²) in [4.78, 5) is 14.7. The second-order valence-corrected chi connectivity index (χ2v) is 5.05. The lowest BCUT2D eigenvalue weighted by Gasteiger charge is -2.31. The van der Waals surface area contributed by atoms with Gasteiger partial charge in [-0.25, -0.2) is 0 Å². The lowest BCUT2D eigenvalue weighted by Crippen LogP contribution is -2.39. The van der Waals surface area contributed by atoms with Crippen molar-refractivity contribution in [1.82, 2.24) is 5.32 Å². The number of carbonyl (C=O) groups excluding carboxylic acids is 1. The van der Waals surface area contributed by atoms with Gasteiger partial charge in [-0.05, 0) is 12.1 Å². The molecule has 2 aliphatic rings. The van der Waals surface area contributed by atoms with Crippen LogP contribution >= 0.6 is 0 Å². The fraction of sp³-hybridized carbons (Fsp3) is 0.118. The van der Waals surface area contributed by atoms with Gasteiger partial charge in [0.15, 0.2) is 5.78 Å². The van der Waals surface area contributed by atoms with E-state index in [4.69, 9.17) is 0 Å². The first-order chi connectivity index (χ1) is 9.86. The van der Waals surface area contributed by atoms with Gasteiger partial charge >= 0.3 is 0 Å². The van der Waals surface area contributed by atoms with Crippen molar-refractivity contribution < 1.29 is 4.79 Å². The molecule has 0 amide bonds. The molecule has 0 radical (unpaired) electrons. The first-order valence-electron chi connectivity index (χ1n) is 6.77. The molecule has 1 heterocycles. The van der Waals surface area contributed by atoms with Crippen LogP contribution in [0.4, 0.5) is 5.69 Å². The van der Waals surface area contributed by atoms with Crippen molar-refractivity contribution in [3.8, 4) is 0 Å². The molecule has 0 aromatic heterocycles. The second kappa shape index (κ2) is 4.32. The summed E-state index contributed by atoms with van der Waals surface area (Å²) in [6.07, 6.45) is 0. The van der Waals surface area contributed by atoms with E-state index in [0.717, 1.165) is 34.8 Å². The predicted octanol–water partition coefficient (Wildman–Crippen LogP) is 2.66. The van der Waals surface area contributed by atoms with Crippen LogP contribution in [0.15, 0.2) is 60.2 Å². The third-order valence-corrected chi connectivity index (χ3v) is 3.90. The van der Waals surface area contributed by atoms with Crippen LogP contribution in [0, 0.1) is 0 Å². The number of para-hydroxylation sites is 1. The number of hydrogen-bond donors (Lipinski definition) is 1. The molecule has 20 heavy (non-hydrogen) atoms. The van der Waals surface area contributed by atoms with E-state index < -0.39 is 0 Å². The smallest absolute Gasteiger partial charge is 0.193 e. The molecule has 0 atom stereocenters. The van der Waals surface area contributed by atoms with Gasteiger partial charge in [-0.1, -0.05) is 42.5 Å². The molecule has 2 aromatic carbocycles. The topological polar surface area (TPSA) is 32.3 Å². The Morgan fingerprint density at radius 3 is 2.40 bits per heavy atom. The molecule has 0 fully saturated rings. The van der Waals surface area contributed by atoms with Crippen LogP contribution in [0.2, 0.25) is 0 Å². The Morgan fingerprint density at radius 2 is 1.60 bits per heavy atom. The fourth-order valence-corrected chi connectivity index (χ4v) is 2.99. The number of benzene rings is 2. The van der Waals surface area contributed by atoms with Gasteiger partial charge in [-0.3, -0.25) is 10.1 Å². The molecular weight excluding hydrogens is 248 g/mol. The Morgan fingerprint density at radius 1 is 0.900 bits per heavy atom. The summed E-state index contributed by atoms with van der Waals surface area (Å²) in [6.45, 7) is 1.37. The molecule has 98 valence electrons. The lowest BCUT2D eigenvalue weighted by atomic mass is 10.1. The highest BCUT2D eigenvalue weighted by molar-refractivity contribution is 6.22. The molecule has 3 nitrogen and oxygen atoms in total. The van der Waals surface area contributed by atoms with Crippen molar-refractivity contribution in [3.63, 3.8) is 0 Å². The minimum atomic E-state index is 0.156. The quantitative estimate of drug-likeness (QED) is 0.857. The van der Waals surface area contributed by atoms with Gasteiger partial charge in [0.1, 0.15) is 0 Å². The van der Waals surface area contributed by atoms with Gasteiger partial charge in [0.25, 0.3) is 0 Å². The molecule has 0 spiro atoms. The monoisotopic (exact) mass is 262 g/mol. The van der Waals surface area contributed by atoms with Crippen LogP contribution in [0.25, 0.3) is 5.70 Å².